The number of amides is 1. The average Bonchev–Trinajstić information content (AvgIpc) is 3.01. The summed E-state index contributed by atoms with van der Waals surface area (Å²) in [5.74, 6) is 2.51. The van der Waals surface area contributed by atoms with Crippen molar-refractivity contribution >= 4 is 29.5 Å². The van der Waals surface area contributed by atoms with E-state index in [1.165, 1.54) is 6.92 Å². The lowest BCUT2D eigenvalue weighted by atomic mass is 10.2. The molecule has 0 atom stereocenters. The molecule has 0 saturated carbocycles. The zero-order chi connectivity index (χ0) is 19.2. The van der Waals surface area contributed by atoms with Gasteiger partial charge in [0, 0.05) is 18.2 Å². The lowest BCUT2D eigenvalue weighted by molar-refractivity contribution is -0.129. The van der Waals surface area contributed by atoms with Gasteiger partial charge in [-0.05, 0) is 48.0 Å². The standard InChI is InChI=1S/C21H16N2O4/c1-3-11-26-18-6-4-5-15(12-18)13-19-21(25)27-20(23-19)16-7-9-17(10-8-16)22-14(2)24/h1,4-10,12-13H,11H2,2H3,(H,22,24)/b19-13+. The highest BCUT2D eigenvalue weighted by Gasteiger charge is 2.24. The first kappa shape index (κ1) is 18.0. The molecule has 6 heteroatoms. The number of ether oxygens (including phenoxy) is 2. The maximum Gasteiger partial charge on any atom is 0.363 e. The number of nitrogens with one attached hydrogen (secondary N) is 1. The molecular weight excluding hydrogens is 344 g/mol. The Morgan fingerprint density at radius 2 is 2.07 bits per heavy atom. The molecule has 2 aromatic rings. The van der Waals surface area contributed by atoms with Crippen molar-refractivity contribution in [2.45, 2.75) is 6.92 Å². The minimum absolute atomic E-state index is 0.161. The maximum absolute atomic E-state index is 12.1. The highest BCUT2D eigenvalue weighted by atomic mass is 16.6. The van der Waals surface area contributed by atoms with Gasteiger partial charge in [-0.25, -0.2) is 9.79 Å². The van der Waals surface area contributed by atoms with Crippen LogP contribution in [-0.2, 0) is 14.3 Å². The number of aliphatic imine (C=N–C) groups is 1. The van der Waals surface area contributed by atoms with E-state index in [9.17, 15) is 9.59 Å². The van der Waals surface area contributed by atoms with E-state index in [0.717, 1.165) is 5.56 Å². The Hall–Kier alpha value is -3.85. The van der Waals surface area contributed by atoms with Crippen molar-refractivity contribution in [3.05, 3.63) is 65.4 Å². The molecule has 1 aliphatic rings. The van der Waals surface area contributed by atoms with E-state index in [4.69, 9.17) is 15.9 Å². The summed E-state index contributed by atoms with van der Waals surface area (Å²) in [6.45, 7) is 1.60. The molecule has 0 saturated heterocycles. The molecule has 1 amide bonds. The van der Waals surface area contributed by atoms with E-state index in [2.05, 4.69) is 16.2 Å². The number of anilines is 1. The Morgan fingerprint density at radius 3 is 2.78 bits per heavy atom. The topological polar surface area (TPSA) is 77.0 Å². The van der Waals surface area contributed by atoms with E-state index in [1.54, 1.807) is 48.5 Å². The van der Waals surface area contributed by atoms with E-state index < -0.39 is 5.97 Å². The second-order valence-corrected chi connectivity index (χ2v) is 5.66. The Labute approximate surface area is 156 Å². The summed E-state index contributed by atoms with van der Waals surface area (Å²) in [5, 5.41) is 2.67. The third-order valence-corrected chi connectivity index (χ3v) is 3.56. The Kier molecular flexibility index (Phi) is 5.33. The van der Waals surface area contributed by atoms with E-state index in [-0.39, 0.29) is 24.1 Å². The fourth-order valence-electron chi connectivity index (χ4n) is 2.41. The summed E-state index contributed by atoms with van der Waals surface area (Å²) in [6, 6.07) is 14.0. The van der Waals surface area contributed by atoms with Gasteiger partial charge < -0.3 is 14.8 Å². The number of carbonyl (C=O) groups is 2. The van der Waals surface area contributed by atoms with Crippen molar-refractivity contribution in [3.8, 4) is 18.1 Å². The van der Waals surface area contributed by atoms with Crippen LogP contribution in [0.1, 0.15) is 18.1 Å². The second kappa shape index (κ2) is 8.02. The van der Waals surface area contributed by atoms with Crippen LogP contribution in [0.5, 0.6) is 5.75 Å². The highest BCUT2D eigenvalue weighted by Crippen LogP contribution is 2.22. The number of terminal acetylenes is 1. The van der Waals surface area contributed by atoms with Gasteiger partial charge in [0.2, 0.25) is 11.8 Å². The van der Waals surface area contributed by atoms with Gasteiger partial charge in [0.15, 0.2) is 5.70 Å². The maximum atomic E-state index is 12.1. The monoisotopic (exact) mass is 360 g/mol. The molecule has 0 aliphatic carbocycles. The van der Waals surface area contributed by atoms with Crippen LogP contribution >= 0.6 is 0 Å². The number of nitrogens with zero attached hydrogens (tertiary/aromatic N) is 1. The lowest BCUT2D eigenvalue weighted by Gasteiger charge is -2.03. The first-order valence-corrected chi connectivity index (χ1v) is 8.12. The largest absolute Gasteiger partial charge is 0.481 e. The van der Waals surface area contributed by atoms with Crippen molar-refractivity contribution < 1.29 is 19.1 Å². The van der Waals surface area contributed by atoms with Gasteiger partial charge in [-0.3, -0.25) is 4.79 Å². The molecule has 1 aliphatic heterocycles. The second-order valence-electron chi connectivity index (χ2n) is 5.66. The molecule has 0 unspecified atom stereocenters. The van der Waals surface area contributed by atoms with Gasteiger partial charge in [0.25, 0.3) is 0 Å². The van der Waals surface area contributed by atoms with Crippen LogP contribution in [0.4, 0.5) is 5.69 Å². The number of hydrogen-bond donors (Lipinski definition) is 1. The number of rotatable bonds is 5. The number of hydrogen-bond acceptors (Lipinski definition) is 5. The Bertz CT molecular complexity index is 982. The fourth-order valence-corrected chi connectivity index (χ4v) is 2.41. The highest BCUT2D eigenvalue weighted by molar-refractivity contribution is 6.13. The van der Waals surface area contributed by atoms with Crippen molar-refractivity contribution in [1.29, 1.82) is 0 Å². The third-order valence-electron chi connectivity index (χ3n) is 3.56. The molecule has 1 heterocycles. The quantitative estimate of drug-likeness (QED) is 0.505. The van der Waals surface area contributed by atoms with Gasteiger partial charge in [-0.1, -0.05) is 18.1 Å². The average molecular weight is 360 g/mol. The van der Waals surface area contributed by atoms with Crippen LogP contribution in [0.2, 0.25) is 0 Å². The van der Waals surface area contributed by atoms with Crippen molar-refractivity contribution in [2.75, 3.05) is 11.9 Å². The summed E-state index contributed by atoms with van der Waals surface area (Å²) in [4.78, 5) is 27.4. The van der Waals surface area contributed by atoms with Crippen LogP contribution in [0.15, 0.2) is 59.2 Å². The van der Waals surface area contributed by atoms with E-state index >= 15 is 0 Å². The van der Waals surface area contributed by atoms with Gasteiger partial charge in [-0.2, -0.15) is 0 Å². The summed E-state index contributed by atoms with van der Waals surface area (Å²) >= 11 is 0. The zero-order valence-corrected chi connectivity index (χ0v) is 14.6. The Balaban J connectivity index is 1.80. The summed E-state index contributed by atoms with van der Waals surface area (Å²) in [7, 11) is 0. The Morgan fingerprint density at radius 1 is 1.30 bits per heavy atom. The third kappa shape index (κ3) is 4.61. The lowest BCUT2D eigenvalue weighted by Crippen LogP contribution is -2.07. The molecule has 0 bridgehead atoms. The predicted octanol–water partition coefficient (Wildman–Crippen LogP) is 3.00. The molecule has 6 nitrogen and oxygen atoms in total. The number of esters is 1. The number of cyclic esters (lactones) is 1. The van der Waals surface area contributed by atoms with Gasteiger partial charge >= 0.3 is 5.97 Å². The van der Waals surface area contributed by atoms with Crippen LogP contribution in [0, 0.1) is 12.3 Å². The molecule has 1 N–H and O–H groups in total. The normalized spacial score (nSPS) is 14.3. The molecule has 2 aromatic carbocycles. The first-order valence-electron chi connectivity index (χ1n) is 8.12. The molecule has 0 fully saturated rings. The molecular formula is C21H16N2O4. The van der Waals surface area contributed by atoms with Crippen molar-refractivity contribution in [2.24, 2.45) is 4.99 Å². The van der Waals surface area contributed by atoms with Gasteiger partial charge in [0.05, 0.1) is 0 Å². The summed E-state index contributed by atoms with van der Waals surface area (Å²) in [5.41, 5.74) is 2.20. The SMILES string of the molecule is C#CCOc1cccc(/C=C2/N=C(c3ccc(NC(C)=O)cc3)OC2=O)c1. The van der Waals surface area contributed by atoms with E-state index in [0.29, 0.717) is 17.0 Å². The van der Waals surface area contributed by atoms with Crippen molar-refractivity contribution in [1.82, 2.24) is 0 Å². The van der Waals surface area contributed by atoms with Crippen LogP contribution in [-0.4, -0.2) is 24.4 Å². The molecule has 3 rings (SSSR count). The first-order chi connectivity index (χ1) is 13.0. The van der Waals surface area contributed by atoms with Gasteiger partial charge in [0.1, 0.15) is 12.4 Å². The summed E-state index contributed by atoms with van der Waals surface area (Å²) < 4.78 is 10.6. The molecule has 27 heavy (non-hydrogen) atoms. The van der Waals surface area contributed by atoms with Crippen LogP contribution in [0.25, 0.3) is 6.08 Å². The molecule has 0 radical (unpaired) electrons. The van der Waals surface area contributed by atoms with Crippen LogP contribution in [0.3, 0.4) is 0 Å². The zero-order valence-electron chi connectivity index (χ0n) is 14.6. The van der Waals surface area contributed by atoms with Gasteiger partial charge in [-0.15, -0.1) is 6.42 Å². The smallest absolute Gasteiger partial charge is 0.363 e. The predicted molar refractivity (Wildman–Crippen MR) is 102 cm³/mol. The minimum Gasteiger partial charge on any atom is -0.481 e. The number of benzene rings is 2. The van der Waals surface area contributed by atoms with Crippen molar-refractivity contribution in [3.63, 3.8) is 0 Å². The minimum atomic E-state index is -0.536. The molecule has 0 spiro atoms. The fraction of sp³-hybridized carbons (Fsp3) is 0.0952. The molecule has 0 aromatic heterocycles. The molecule has 134 valence electrons. The summed E-state index contributed by atoms with van der Waals surface area (Å²) in [6.07, 6.45) is 6.80. The van der Waals surface area contributed by atoms with E-state index in [1.807, 2.05) is 6.07 Å². The van der Waals surface area contributed by atoms with Crippen LogP contribution < -0.4 is 10.1 Å². The number of carbonyl (C=O) groups excluding carboxylic acids is 2.